The zero-order valence-corrected chi connectivity index (χ0v) is 12.5. The minimum Gasteiger partial charge on any atom is -0.314 e. The molecule has 1 rings (SSSR count). The van der Waals surface area contributed by atoms with Gasteiger partial charge in [0.2, 0.25) is 0 Å². The van der Waals surface area contributed by atoms with Crippen molar-refractivity contribution in [2.45, 2.75) is 39.2 Å². The van der Waals surface area contributed by atoms with E-state index in [0.717, 1.165) is 19.4 Å². The highest BCUT2D eigenvalue weighted by atomic mass is 79.9. The number of benzene rings is 1. The zero-order chi connectivity index (χ0) is 12.8. The van der Waals surface area contributed by atoms with E-state index in [1.54, 1.807) is 12.1 Å². The Labute approximate surface area is 116 Å². The summed E-state index contributed by atoms with van der Waals surface area (Å²) in [5.74, 6) is -0.299. The molecule has 0 spiro atoms. The van der Waals surface area contributed by atoms with E-state index < -0.39 is 0 Å². The van der Waals surface area contributed by atoms with E-state index in [2.05, 4.69) is 35.1 Å². The fourth-order valence-electron chi connectivity index (χ4n) is 1.83. The largest absolute Gasteiger partial charge is 0.314 e. The third kappa shape index (κ3) is 4.23. The maximum atomic E-state index is 13.8. The summed E-state index contributed by atoms with van der Waals surface area (Å²) in [6, 6.07) is 4.04. The Hall–Kier alpha value is -0.120. The molecule has 0 radical (unpaired) electrons. The first-order valence-corrected chi connectivity index (χ1v) is 7.13. The van der Waals surface area contributed by atoms with Crippen LogP contribution in [-0.2, 0) is 6.42 Å². The van der Waals surface area contributed by atoms with Crippen molar-refractivity contribution in [1.82, 2.24) is 5.32 Å². The predicted molar refractivity (Wildman–Crippen MR) is 75.2 cm³/mol. The van der Waals surface area contributed by atoms with Crippen LogP contribution in [0.25, 0.3) is 0 Å². The van der Waals surface area contributed by atoms with Gasteiger partial charge >= 0.3 is 0 Å². The van der Waals surface area contributed by atoms with Gasteiger partial charge < -0.3 is 5.32 Å². The van der Waals surface area contributed by atoms with Gasteiger partial charge in [-0.15, -0.1) is 0 Å². The third-order valence-electron chi connectivity index (χ3n) is 2.86. The first-order chi connectivity index (χ1) is 8.10. The van der Waals surface area contributed by atoms with Crippen LogP contribution in [-0.4, -0.2) is 12.6 Å². The molecule has 0 bridgehead atoms. The van der Waals surface area contributed by atoms with Crippen LogP contribution < -0.4 is 5.32 Å². The van der Waals surface area contributed by atoms with Gasteiger partial charge in [0.15, 0.2) is 0 Å². The molecule has 1 aromatic carbocycles. The van der Waals surface area contributed by atoms with Crippen molar-refractivity contribution in [2.24, 2.45) is 0 Å². The van der Waals surface area contributed by atoms with Gasteiger partial charge in [-0.05, 0) is 53.4 Å². The van der Waals surface area contributed by atoms with Crippen LogP contribution in [0, 0.1) is 5.82 Å². The summed E-state index contributed by atoms with van der Waals surface area (Å²) in [5, 5.41) is 3.56. The monoisotopic (exact) mass is 321 g/mol. The molecule has 0 aliphatic heterocycles. The first-order valence-electron chi connectivity index (χ1n) is 5.95. The van der Waals surface area contributed by atoms with Crippen LogP contribution in [0.3, 0.4) is 0 Å². The Morgan fingerprint density at radius 1 is 1.41 bits per heavy atom. The quantitative estimate of drug-likeness (QED) is 0.757. The maximum Gasteiger partial charge on any atom is 0.146 e. The summed E-state index contributed by atoms with van der Waals surface area (Å²) in [5.41, 5.74) is 0.689. The summed E-state index contributed by atoms with van der Waals surface area (Å²) in [6.45, 7) is 5.17. The Balaban J connectivity index is 2.66. The topological polar surface area (TPSA) is 12.0 Å². The fraction of sp³-hybridized carbons (Fsp3) is 0.538. The van der Waals surface area contributed by atoms with Crippen LogP contribution in [0.4, 0.5) is 4.39 Å². The van der Waals surface area contributed by atoms with E-state index in [1.807, 2.05) is 0 Å². The molecule has 4 heteroatoms. The molecule has 0 amide bonds. The highest BCUT2D eigenvalue weighted by molar-refractivity contribution is 9.10. The van der Waals surface area contributed by atoms with Crippen LogP contribution in [0.1, 0.15) is 32.3 Å². The standard InChI is InChI=1S/C13H18BrClFN/c1-3-10(17-4-2)7-5-9-6-8-11(14)12(15)13(9)16/h6,8,10,17H,3-5,7H2,1-2H3. The lowest BCUT2D eigenvalue weighted by Gasteiger charge is -2.16. The SMILES string of the molecule is CCNC(CC)CCc1ccc(Br)c(Cl)c1F. The summed E-state index contributed by atoms with van der Waals surface area (Å²) in [7, 11) is 0. The van der Waals surface area contributed by atoms with Gasteiger partial charge in [0, 0.05) is 10.5 Å². The second kappa shape index (κ2) is 7.34. The fourth-order valence-corrected chi connectivity index (χ4v) is 2.32. The molecule has 0 saturated heterocycles. The molecule has 1 atom stereocenters. The van der Waals surface area contributed by atoms with Crippen LogP contribution in [0.15, 0.2) is 16.6 Å². The zero-order valence-electron chi connectivity index (χ0n) is 10.2. The summed E-state index contributed by atoms with van der Waals surface area (Å²) < 4.78 is 14.4. The predicted octanol–water partition coefficient (Wildman–Crippen LogP) is 4.56. The molecule has 1 nitrogen and oxygen atoms in total. The molecule has 1 unspecified atom stereocenters. The van der Waals surface area contributed by atoms with E-state index in [-0.39, 0.29) is 10.8 Å². The number of halogens is 3. The molecule has 0 saturated carbocycles. The van der Waals surface area contributed by atoms with Crippen molar-refractivity contribution < 1.29 is 4.39 Å². The number of hydrogen-bond acceptors (Lipinski definition) is 1. The Kier molecular flexibility index (Phi) is 6.45. The highest BCUT2D eigenvalue weighted by Gasteiger charge is 2.12. The number of hydrogen-bond donors (Lipinski definition) is 1. The molecule has 0 aliphatic carbocycles. The number of rotatable bonds is 6. The molecule has 0 heterocycles. The Morgan fingerprint density at radius 3 is 2.71 bits per heavy atom. The maximum absolute atomic E-state index is 13.8. The minimum atomic E-state index is -0.299. The molecule has 0 aromatic heterocycles. The number of nitrogens with one attached hydrogen (secondary N) is 1. The van der Waals surface area contributed by atoms with Gasteiger partial charge in [-0.3, -0.25) is 0 Å². The molecule has 17 heavy (non-hydrogen) atoms. The van der Waals surface area contributed by atoms with E-state index in [4.69, 9.17) is 11.6 Å². The van der Waals surface area contributed by atoms with Crippen molar-refractivity contribution >= 4 is 27.5 Å². The first kappa shape index (κ1) is 14.9. The lowest BCUT2D eigenvalue weighted by atomic mass is 10.0. The van der Waals surface area contributed by atoms with E-state index in [1.165, 1.54) is 0 Å². The van der Waals surface area contributed by atoms with Crippen molar-refractivity contribution in [2.75, 3.05) is 6.54 Å². The molecular formula is C13H18BrClFN. The van der Waals surface area contributed by atoms with Gasteiger partial charge in [0.1, 0.15) is 5.82 Å². The second-order valence-electron chi connectivity index (χ2n) is 4.04. The van der Waals surface area contributed by atoms with Crippen LogP contribution >= 0.6 is 27.5 Å². The molecule has 1 aromatic rings. The van der Waals surface area contributed by atoms with E-state index in [0.29, 0.717) is 22.5 Å². The van der Waals surface area contributed by atoms with Gasteiger partial charge in [-0.25, -0.2) is 4.39 Å². The average molecular weight is 323 g/mol. The molecule has 0 fully saturated rings. The lowest BCUT2D eigenvalue weighted by Crippen LogP contribution is -2.28. The van der Waals surface area contributed by atoms with Crippen molar-refractivity contribution in [1.29, 1.82) is 0 Å². The Morgan fingerprint density at radius 2 is 2.12 bits per heavy atom. The van der Waals surface area contributed by atoms with Crippen molar-refractivity contribution in [3.63, 3.8) is 0 Å². The van der Waals surface area contributed by atoms with Crippen LogP contribution in [0.5, 0.6) is 0 Å². The third-order valence-corrected chi connectivity index (χ3v) is 4.12. The summed E-state index contributed by atoms with van der Waals surface area (Å²) in [6.07, 6.45) is 2.70. The normalized spacial score (nSPS) is 12.8. The lowest BCUT2D eigenvalue weighted by molar-refractivity contribution is 0.475. The number of aryl methyl sites for hydroxylation is 1. The Bertz CT molecular complexity index is 371. The van der Waals surface area contributed by atoms with Gasteiger partial charge in [-0.1, -0.05) is 31.5 Å². The summed E-state index contributed by atoms with van der Waals surface area (Å²) in [4.78, 5) is 0. The molecule has 96 valence electrons. The second-order valence-corrected chi connectivity index (χ2v) is 5.27. The smallest absolute Gasteiger partial charge is 0.146 e. The van der Waals surface area contributed by atoms with E-state index >= 15 is 0 Å². The van der Waals surface area contributed by atoms with Crippen molar-refractivity contribution in [3.05, 3.63) is 33.0 Å². The van der Waals surface area contributed by atoms with Crippen molar-refractivity contribution in [3.8, 4) is 0 Å². The van der Waals surface area contributed by atoms with Gasteiger partial charge in [0.25, 0.3) is 0 Å². The molecule has 0 aliphatic rings. The molecule has 1 N–H and O–H groups in total. The minimum absolute atomic E-state index is 0.180. The van der Waals surface area contributed by atoms with Crippen LogP contribution in [0.2, 0.25) is 5.02 Å². The van der Waals surface area contributed by atoms with Gasteiger partial charge in [-0.2, -0.15) is 0 Å². The van der Waals surface area contributed by atoms with Gasteiger partial charge in [0.05, 0.1) is 5.02 Å². The average Bonchev–Trinajstić information content (AvgIpc) is 2.33. The highest BCUT2D eigenvalue weighted by Crippen LogP contribution is 2.28. The van der Waals surface area contributed by atoms with E-state index in [9.17, 15) is 4.39 Å². The molecular weight excluding hydrogens is 305 g/mol. The summed E-state index contributed by atoms with van der Waals surface area (Å²) >= 11 is 9.07.